The maximum Gasteiger partial charge on any atom is 0.262 e. The second-order valence-corrected chi connectivity index (χ2v) is 4.95. The number of nitrogens with zero attached hydrogens (tertiary/aromatic N) is 2. The van der Waals surface area contributed by atoms with Gasteiger partial charge in [-0.2, -0.15) is 5.10 Å². The minimum Gasteiger partial charge on any atom is -0.307 e. The second kappa shape index (κ2) is 3.22. The van der Waals surface area contributed by atoms with E-state index in [1.54, 1.807) is 0 Å². The molecule has 0 amide bonds. The molecule has 4 rings (SSSR count). The van der Waals surface area contributed by atoms with Gasteiger partial charge in [0.25, 0.3) is 5.56 Å². The van der Waals surface area contributed by atoms with Gasteiger partial charge in [0.2, 0.25) is 0 Å². The van der Waals surface area contributed by atoms with Crippen molar-refractivity contribution in [3.05, 3.63) is 39.8 Å². The average molecular weight is 239 g/mol. The van der Waals surface area contributed by atoms with Crippen LogP contribution in [0.3, 0.4) is 0 Å². The molecule has 0 bridgehead atoms. The van der Waals surface area contributed by atoms with Gasteiger partial charge < -0.3 is 4.57 Å². The Kier molecular flexibility index (Phi) is 1.77. The molecule has 90 valence electrons. The molecule has 1 N–H and O–H groups in total. The fourth-order valence-electron chi connectivity index (χ4n) is 3.07. The first-order valence-corrected chi connectivity index (χ1v) is 6.26. The summed E-state index contributed by atoms with van der Waals surface area (Å²) in [7, 11) is 0. The number of H-pyrrole nitrogens is 1. The molecule has 4 heteroatoms. The smallest absolute Gasteiger partial charge is 0.262 e. The Morgan fingerprint density at radius 2 is 2.28 bits per heavy atom. The summed E-state index contributed by atoms with van der Waals surface area (Å²) in [5.74, 6) is 0. The van der Waals surface area contributed by atoms with Crippen LogP contribution in [-0.2, 0) is 13.0 Å². The molecule has 0 radical (unpaired) electrons. The number of rotatable bonds is 0. The highest BCUT2D eigenvalue weighted by Gasteiger charge is 2.19. The van der Waals surface area contributed by atoms with Gasteiger partial charge in [0.05, 0.1) is 10.9 Å². The van der Waals surface area contributed by atoms with Crippen molar-refractivity contribution in [3.63, 3.8) is 0 Å². The first kappa shape index (κ1) is 9.88. The summed E-state index contributed by atoms with van der Waals surface area (Å²) in [4.78, 5) is 12.5. The van der Waals surface area contributed by atoms with Gasteiger partial charge in [-0.1, -0.05) is 18.2 Å². The SMILES string of the molecule is Cc1[nH]nc2c1c(=O)n1c3c(cccc23)CCC1. The highest BCUT2D eigenvalue weighted by Crippen LogP contribution is 2.28. The Morgan fingerprint density at radius 3 is 3.17 bits per heavy atom. The van der Waals surface area contributed by atoms with Crippen molar-refractivity contribution < 1.29 is 0 Å². The van der Waals surface area contributed by atoms with E-state index in [2.05, 4.69) is 28.4 Å². The first-order chi connectivity index (χ1) is 8.77. The average Bonchev–Trinajstić information content (AvgIpc) is 2.78. The minimum atomic E-state index is 0.0934. The third-order valence-electron chi connectivity index (χ3n) is 3.88. The van der Waals surface area contributed by atoms with Crippen molar-refractivity contribution in [2.75, 3.05) is 0 Å². The first-order valence-electron chi connectivity index (χ1n) is 6.26. The van der Waals surface area contributed by atoms with Gasteiger partial charge in [-0.15, -0.1) is 0 Å². The molecule has 1 aliphatic heterocycles. The van der Waals surface area contributed by atoms with E-state index in [1.165, 1.54) is 5.56 Å². The molecule has 3 aromatic rings. The van der Waals surface area contributed by atoms with E-state index < -0.39 is 0 Å². The number of aromatic nitrogens is 3. The predicted molar refractivity (Wildman–Crippen MR) is 70.9 cm³/mol. The summed E-state index contributed by atoms with van der Waals surface area (Å²) in [6.45, 7) is 2.72. The lowest BCUT2D eigenvalue weighted by Gasteiger charge is -2.19. The Hall–Kier alpha value is -2.10. The molecule has 0 aliphatic carbocycles. The molecule has 4 nitrogen and oxygen atoms in total. The quantitative estimate of drug-likeness (QED) is 0.653. The highest BCUT2D eigenvalue weighted by molar-refractivity contribution is 6.05. The molecule has 0 saturated heterocycles. The fraction of sp³-hybridized carbons (Fsp3) is 0.286. The van der Waals surface area contributed by atoms with Crippen LogP contribution in [0.25, 0.3) is 21.8 Å². The summed E-state index contributed by atoms with van der Waals surface area (Å²) < 4.78 is 1.92. The van der Waals surface area contributed by atoms with Crippen molar-refractivity contribution >= 4 is 21.8 Å². The van der Waals surface area contributed by atoms with Crippen LogP contribution in [0.1, 0.15) is 17.7 Å². The number of pyridine rings is 1. The Labute approximate surface area is 103 Å². The van der Waals surface area contributed by atoms with Crippen LogP contribution in [0, 0.1) is 6.92 Å². The van der Waals surface area contributed by atoms with Crippen molar-refractivity contribution in [3.8, 4) is 0 Å². The van der Waals surface area contributed by atoms with Crippen LogP contribution in [0.4, 0.5) is 0 Å². The number of nitrogens with one attached hydrogen (secondary N) is 1. The molecule has 0 spiro atoms. The number of aryl methyl sites for hydroxylation is 3. The molecular formula is C14H13N3O. The van der Waals surface area contributed by atoms with Gasteiger partial charge in [0.15, 0.2) is 0 Å². The van der Waals surface area contributed by atoms with E-state index in [0.29, 0.717) is 0 Å². The van der Waals surface area contributed by atoms with E-state index in [4.69, 9.17) is 0 Å². The summed E-state index contributed by atoms with van der Waals surface area (Å²) in [6.07, 6.45) is 2.08. The molecule has 0 atom stereocenters. The summed E-state index contributed by atoms with van der Waals surface area (Å²) >= 11 is 0. The Balaban J connectivity index is 2.40. The van der Waals surface area contributed by atoms with Crippen LogP contribution < -0.4 is 5.56 Å². The van der Waals surface area contributed by atoms with Gasteiger partial charge in [0, 0.05) is 17.6 Å². The summed E-state index contributed by atoms with van der Waals surface area (Å²) in [5.41, 5.74) is 4.10. The number of benzene rings is 1. The zero-order valence-corrected chi connectivity index (χ0v) is 10.2. The second-order valence-electron chi connectivity index (χ2n) is 4.95. The topological polar surface area (TPSA) is 50.7 Å². The monoisotopic (exact) mass is 239 g/mol. The van der Waals surface area contributed by atoms with E-state index >= 15 is 0 Å². The van der Waals surface area contributed by atoms with Crippen LogP contribution in [0.15, 0.2) is 23.0 Å². The van der Waals surface area contributed by atoms with Gasteiger partial charge in [-0.25, -0.2) is 0 Å². The van der Waals surface area contributed by atoms with E-state index in [0.717, 1.165) is 46.9 Å². The maximum atomic E-state index is 12.5. The minimum absolute atomic E-state index is 0.0934. The van der Waals surface area contributed by atoms with Gasteiger partial charge in [-0.05, 0) is 25.3 Å². The molecule has 0 fully saturated rings. The number of hydrogen-bond donors (Lipinski definition) is 1. The standard InChI is InChI=1S/C14H13N3O/c1-8-11-12(16-15-8)10-6-2-4-9-5-3-7-17(13(9)10)14(11)18/h2,4,6H,3,5,7H2,1H3,(H,15,16). The highest BCUT2D eigenvalue weighted by atomic mass is 16.1. The van der Waals surface area contributed by atoms with Gasteiger partial charge in [0.1, 0.15) is 5.52 Å². The molecular weight excluding hydrogens is 226 g/mol. The summed E-state index contributed by atoms with van der Waals surface area (Å²) in [5, 5.41) is 9.07. The van der Waals surface area contributed by atoms with Crippen LogP contribution >= 0.6 is 0 Å². The van der Waals surface area contributed by atoms with Crippen molar-refractivity contribution in [1.29, 1.82) is 0 Å². The number of para-hydroxylation sites is 1. The lowest BCUT2D eigenvalue weighted by molar-refractivity contribution is 0.619. The fourth-order valence-corrected chi connectivity index (χ4v) is 3.07. The summed E-state index contributed by atoms with van der Waals surface area (Å²) in [6, 6.07) is 6.23. The lowest BCUT2D eigenvalue weighted by atomic mass is 10.00. The largest absolute Gasteiger partial charge is 0.307 e. The van der Waals surface area contributed by atoms with Crippen LogP contribution in [-0.4, -0.2) is 14.8 Å². The number of hydrogen-bond acceptors (Lipinski definition) is 2. The zero-order chi connectivity index (χ0) is 12.3. The van der Waals surface area contributed by atoms with Crippen molar-refractivity contribution in [2.45, 2.75) is 26.3 Å². The van der Waals surface area contributed by atoms with Gasteiger partial charge in [-0.3, -0.25) is 9.89 Å². The van der Waals surface area contributed by atoms with Crippen molar-refractivity contribution in [2.24, 2.45) is 0 Å². The van der Waals surface area contributed by atoms with Crippen LogP contribution in [0.5, 0.6) is 0 Å². The van der Waals surface area contributed by atoms with E-state index in [9.17, 15) is 4.79 Å². The molecule has 1 aromatic carbocycles. The molecule has 18 heavy (non-hydrogen) atoms. The zero-order valence-electron chi connectivity index (χ0n) is 10.2. The number of fused-ring (bicyclic) bond motifs is 2. The molecule has 1 aliphatic rings. The molecule has 0 saturated carbocycles. The third-order valence-corrected chi connectivity index (χ3v) is 3.88. The molecule has 3 heterocycles. The maximum absolute atomic E-state index is 12.5. The van der Waals surface area contributed by atoms with Gasteiger partial charge >= 0.3 is 0 Å². The third kappa shape index (κ3) is 1.05. The molecule has 2 aromatic heterocycles. The van der Waals surface area contributed by atoms with Crippen molar-refractivity contribution in [1.82, 2.24) is 14.8 Å². The lowest BCUT2D eigenvalue weighted by Crippen LogP contribution is -2.24. The Bertz CT molecular complexity index is 841. The van der Waals surface area contributed by atoms with Crippen LogP contribution in [0.2, 0.25) is 0 Å². The van der Waals surface area contributed by atoms with E-state index in [-0.39, 0.29) is 5.56 Å². The van der Waals surface area contributed by atoms with E-state index in [1.807, 2.05) is 11.5 Å². The Morgan fingerprint density at radius 1 is 1.39 bits per heavy atom. The number of aromatic amines is 1. The molecule has 0 unspecified atom stereocenters. The predicted octanol–water partition coefficient (Wildman–Crippen LogP) is 2.13. The normalized spacial score (nSPS) is 14.5.